The van der Waals surface area contributed by atoms with Gasteiger partial charge in [-0.3, -0.25) is 4.79 Å². The Kier molecular flexibility index (Phi) is 5.22. The molecule has 1 aromatic heterocycles. The number of ether oxygens (including phenoxy) is 1. The van der Waals surface area contributed by atoms with Gasteiger partial charge in [-0.05, 0) is 42.0 Å². The number of halogens is 4. The maximum atomic E-state index is 13.7. The van der Waals surface area contributed by atoms with E-state index in [1.807, 2.05) is 0 Å². The van der Waals surface area contributed by atoms with E-state index in [0.29, 0.717) is 35.0 Å². The van der Waals surface area contributed by atoms with Crippen LogP contribution in [0.5, 0.6) is 5.75 Å². The lowest BCUT2D eigenvalue weighted by Crippen LogP contribution is -2.36. The number of amides is 1. The summed E-state index contributed by atoms with van der Waals surface area (Å²) in [6.45, 7) is 3.96. The normalized spacial score (nSPS) is 13.5. The number of hydrogen-bond acceptors (Lipinski definition) is 5. The van der Waals surface area contributed by atoms with Crippen molar-refractivity contribution in [1.82, 2.24) is 9.97 Å². The first kappa shape index (κ1) is 20.6. The number of fused-ring (bicyclic) bond motifs is 3. The minimum atomic E-state index is -4.66. The van der Waals surface area contributed by atoms with E-state index >= 15 is 0 Å². The average Bonchev–Trinajstić information content (AvgIpc) is 2.75. The van der Waals surface area contributed by atoms with Crippen molar-refractivity contribution in [3.05, 3.63) is 66.3 Å². The zero-order valence-electron chi connectivity index (χ0n) is 16.0. The molecule has 1 aliphatic rings. The highest BCUT2D eigenvalue weighted by Gasteiger charge is 2.31. The van der Waals surface area contributed by atoms with Gasteiger partial charge in [0.2, 0.25) is 0 Å². The van der Waals surface area contributed by atoms with Crippen LogP contribution in [-0.4, -0.2) is 29.0 Å². The van der Waals surface area contributed by atoms with E-state index in [1.165, 1.54) is 17.3 Å². The Morgan fingerprint density at radius 2 is 2.06 bits per heavy atom. The molecule has 2 heterocycles. The van der Waals surface area contributed by atoms with Crippen molar-refractivity contribution in [3.8, 4) is 5.75 Å². The van der Waals surface area contributed by atoms with E-state index in [9.17, 15) is 22.4 Å². The van der Waals surface area contributed by atoms with Crippen molar-refractivity contribution in [2.45, 2.75) is 12.7 Å². The first-order valence-corrected chi connectivity index (χ1v) is 9.23. The molecule has 160 valence electrons. The van der Waals surface area contributed by atoms with Gasteiger partial charge in [-0.1, -0.05) is 6.58 Å². The summed E-state index contributed by atoms with van der Waals surface area (Å²) in [5.74, 6) is -0.627. The molecular weight excluding hydrogens is 416 g/mol. The van der Waals surface area contributed by atoms with E-state index in [4.69, 9.17) is 4.74 Å². The molecule has 31 heavy (non-hydrogen) atoms. The van der Waals surface area contributed by atoms with E-state index in [0.717, 1.165) is 12.1 Å². The number of carbonyl (C=O) groups is 1. The number of nitrogens with one attached hydrogen (secondary N) is 1. The number of carbonyl (C=O) groups excluding carboxylic acids is 1. The minimum absolute atomic E-state index is 0.0910. The summed E-state index contributed by atoms with van der Waals surface area (Å²) in [4.78, 5) is 22.1. The molecule has 0 radical (unpaired) electrons. The van der Waals surface area contributed by atoms with Gasteiger partial charge in [-0.25, -0.2) is 14.4 Å². The number of alkyl halides is 3. The maximum absolute atomic E-state index is 13.7. The van der Waals surface area contributed by atoms with Crippen LogP contribution in [-0.2, 0) is 17.5 Å². The van der Waals surface area contributed by atoms with Gasteiger partial charge in [-0.15, -0.1) is 0 Å². The summed E-state index contributed by atoms with van der Waals surface area (Å²) in [5, 5.41) is 3.40. The van der Waals surface area contributed by atoms with Crippen LogP contribution in [0.4, 0.5) is 29.1 Å². The van der Waals surface area contributed by atoms with Crippen LogP contribution in [0, 0.1) is 5.82 Å². The molecule has 0 saturated heterocycles. The van der Waals surface area contributed by atoms with Crippen LogP contribution < -0.4 is 15.0 Å². The quantitative estimate of drug-likeness (QED) is 0.492. The van der Waals surface area contributed by atoms with Crippen LogP contribution >= 0.6 is 0 Å². The fraction of sp³-hybridized carbons (Fsp3) is 0.190. The summed E-state index contributed by atoms with van der Waals surface area (Å²) in [7, 11) is 0. The molecule has 0 aliphatic carbocycles. The molecule has 10 heteroatoms. The summed E-state index contributed by atoms with van der Waals surface area (Å²) >= 11 is 0. The number of benzene rings is 2. The molecular formula is C21H16F4N4O2. The largest absolute Gasteiger partial charge is 0.489 e. The van der Waals surface area contributed by atoms with Gasteiger partial charge < -0.3 is 15.0 Å². The molecule has 4 rings (SSSR count). The zero-order valence-corrected chi connectivity index (χ0v) is 16.0. The van der Waals surface area contributed by atoms with E-state index in [2.05, 4.69) is 21.9 Å². The molecule has 3 aromatic rings. The molecule has 0 atom stereocenters. The molecule has 6 nitrogen and oxygen atoms in total. The standard InChI is InChI=1S/C21H16F4N4O2/c1-2-17(30)29-5-6-31-19-16(29)4-3-15-18(19)20(28-11-27-15)26-10-12-7-13(21(23,24)25)9-14(22)8-12/h2-4,7-9,11H,1,5-6,10H2,(H,26,27,28). The molecule has 0 fully saturated rings. The van der Waals surface area contributed by atoms with Crippen molar-refractivity contribution < 1.29 is 27.1 Å². The molecule has 2 aromatic carbocycles. The van der Waals surface area contributed by atoms with Gasteiger partial charge in [0.15, 0.2) is 5.75 Å². The molecule has 1 N–H and O–H groups in total. The minimum Gasteiger partial charge on any atom is -0.489 e. The Balaban J connectivity index is 1.72. The number of hydrogen-bond donors (Lipinski definition) is 1. The highest BCUT2D eigenvalue weighted by molar-refractivity contribution is 6.07. The van der Waals surface area contributed by atoms with Gasteiger partial charge in [0.05, 0.1) is 28.7 Å². The lowest BCUT2D eigenvalue weighted by atomic mass is 10.1. The number of anilines is 2. The highest BCUT2D eigenvalue weighted by atomic mass is 19.4. The predicted octanol–water partition coefficient (Wildman–Crippen LogP) is 4.31. The lowest BCUT2D eigenvalue weighted by molar-refractivity contribution is -0.137. The van der Waals surface area contributed by atoms with Gasteiger partial charge in [0.1, 0.15) is 24.6 Å². The first-order valence-electron chi connectivity index (χ1n) is 9.23. The highest BCUT2D eigenvalue weighted by Crippen LogP contribution is 2.41. The van der Waals surface area contributed by atoms with Crippen molar-refractivity contribution in [1.29, 1.82) is 0 Å². The number of nitrogens with zero attached hydrogens (tertiary/aromatic N) is 3. The molecule has 0 unspecified atom stereocenters. The molecule has 1 amide bonds. The SMILES string of the molecule is C=CC(=O)N1CCOc2c1ccc1ncnc(NCc3cc(F)cc(C(F)(F)F)c3)c21. The van der Waals surface area contributed by atoms with E-state index < -0.39 is 17.6 Å². The average molecular weight is 432 g/mol. The first-order chi connectivity index (χ1) is 14.8. The Morgan fingerprint density at radius 3 is 2.81 bits per heavy atom. The number of aromatic nitrogens is 2. The molecule has 1 aliphatic heterocycles. The molecule has 0 bridgehead atoms. The third-order valence-electron chi connectivity index (χ3n) is 4.77. The molecule has 0 spiro atoms. The van der Waals surface area contributed by atoms with Gasteiger partial charge >= 0.3 is 6.18 Å². The van der Waals surface area contributed by atoms with Gasteiger partial charge in [0, 0.05) is 6.54 Å². The second-order valence-electron chi connectivity index (χ2n) is 6.77. The number of rotatable bonds is 4. The van der Waals surface area contributed by atoms with Crippen LogP contribution in [0.15, 0.2) is 49.3 Å². The zero-order chi connectivity index (χ0) is 22.2. The van der Waals surface area contributed by atoms with Crippen molar-refractivity contribution in [2.24, 2.45) is 0 Å². The van der Waals surface area contributed by atoms with Crippen LogP contribution in [0.25, 0.3) is 10.9 Å². The Bertz CT molecular complexity index is 1180. The topological polar surface area (TPSA) is 67.4 Å². The maximum Gasteiger partial charge on any atom is 0.416 e. The fourth-order valence-corrected chi connectivity index (χ4v) is 3.40. The fourth-order valence-electron chi connectivity index (χ4n) is 3.40. The monoisotopic (exact) mass is 432 g/mol. The Morgan fingerprint density at radius 1 is 1.26 bits per heavy atom. The van der Waals surface area contributed by atoms with Gasteiger partial charge in [-0.2, -0.15) is 13.2 Å². The molecule has 0 saturated carbocycles. The summed E-state index contributed by atoms with van der Waals surface area (Å²) in [6.07, 6.45) is -2.17. The second kappa shape index (κ2) is 7.86. The second-order valence-corrected chi connectivity index (χ2v) is 6.77. The van der Waals surface area contributed by atoms with E-state index in [-0.39, 0.29) is 30.4 Å². The summed E-state index contributed by atoms with van der Waals surface area (Å²) in [6, 6.07) is 5.71. The smallest absolute Gasteiger partial charge is 0.416 e. The van der Waals surface area contributed by atoms with Crippen molar-refractivity contribution >= 4 is 28.3 Å². The summed E-state index contributed by atoms with van der Waals surface area (Å²) in [5.41, 5.74) is 0.0374. The van der Waals surface area contributed by atoms with Crippen LogP contribution in [0.1, 0.15) is 11.1 Å². The third kappa shape index (κ3) is 4.00. The Labute approximate surface area is 174 Å². The summed E-state index contributed by atoms with van der Waals surface area (Å²) < 4.78 is 58.4. The van der Waals surface area contributed by atoms with Crippen LogP contribution in [0.3, 0.4) is 0 Å². The van der Waals surface area contributed by atoms with E-state index in [1.54, 1.807) is 12.1 Å². The lowest BCUT2D eigenvalue weighted by Gasteiger charge is -2.29. The van der Waals surface area contributed by atoms with Gasteiger partial charge in [0.25, 0.3) is 5.91 Å². The van der Waals surface area contributed by atoms with Crippen molar-refractivity contribution in [3.63, 3.8) is 0 Å². The predicted molar refractivity (Wildman–Crippen MR) is 106 cm³/mol. The Hall–Kier alpha value is -3.69. The van der Waals surface area contributed by atoms with Crippen molar-refractivity contribution in [2.75, 3.05) is 23.4 Å². The third-order valence-corrected chi connectivity index (χ3v) is 4.77. The van der Waals surface area contributed by atoms with Crippen LogP contribution in [0.2, 0.25) is 0 Å².